The first-order valence-corrected chi connectivity index (χ1v) is 5.47. The van der Waals surface area contributed by atoms with Crippen LogP contribution in [0.2, 0.25) is 0 Å². The minimum Gasteiger partial charge on any atom is -0.497 e. The lowest BCUT2D eigenvalue weighted by atomic mass is 10.2. The summed E-state index contributed by atoms with van der Waals surface area (Å²) >= 11 is 1.46. The van der Waals surface area contributed by atoms with Crippen molar-refractivity contribution in [3.63, 3.8) is 0 Å². The van der Waals surface area contributed by atoms with E-state index in [0.717, 1.165) is 5.75 Å². The lowest BCUT2D eigenvalue weighted by molar-refractivity contribution is 0.0579. The van der Waals surface area contributed by atoms with Crippen molar-refractivity contribution in [2.24, 2.45) is 0 Å². The summed E-state index contributed by atoms with van der Waals surface area (Å²) in [6.45, 7) is 0. The molecule has 0 aromatic heterocycles. The van der Waals surface area contributed by atoms with E-state index in [9.17, 15) is 4.79 Å². The number of carbonyl (C=O) groups is 1. The van der Waals surface area contributed by atoms with Crippen molar-refractivity contribution in [1.82, 2.24) is 0 Å². The molecule has 0 aliphatic carbocycles. The Kier molecular flexibility index (Phi) is 4.32. The van der Waals surface area contributed by atoms with E-state index in [1.807, 2.05) is 6.26 Å². The van der Waals surface area contributed by atoms with Crippen LogP contribution >= 0.6 is 11.8 Å². The van der Waals surface area contributed by atoms with E-state index in [-0.39, 0.29) is 5.97 Å². The molecule has 0 bridgehead atoms. The maximum atomic E-state index is 11.3. The number of methoxy groups -OCH3 is 1. The van der Waals surface area contributed by atoms with E-state index in [4.69, 9.17) is 9.47 Å². The minimum absolute atomic E-state index is 0.304. The Labute approximate surface area is 87.4 Å². The minimum atomic E-state index is -0.304. The van der Waals surface area contributed by atoms with Gasteiger partial charge >= 0.3 is 5.97 Å². The number of ether oxygens (including phenoxy) is 2. The Morgan fingerprint density at radius 2 is 2.00 bits per heavy atom. The van der Waals surface area contributed by atoms with Crippen LogP contribution in [0.3, 0.4) is 0 Å². The maximum absolute atomic E-state index is 11.3. The first kappa shape index (κ1) is 10.9. The van der Waals surface area contributed by atoms with Crippen LogP contribution < -0.4 is 4.74 Å². The van der Waals surface area contributed by atoms with Gasteiger partial charge in [0.15, 0.2) is 0 Å². The molecule has 0 spiro atoms. The summed E-state index contributed by atoms with van der Waals surface area (Å²) in [4.78, 5) is 11.3. The van der Waals surface area contributed by atoms with Crippen molar-refractivity contribution >= 4 is 17.7 Å². The summed E-state index contributed by atoms with van der Waals surface area (Å²) in [6.07, 6.45) is 1.88. The molecule has 0 unspecified atom stereocenters. The molecule has 0 atom stereocenters. The van der Waals surface area contributed by atoms with Crippen LogP contribution in [0.1, 0.15) is 10.4 Å². The Morgan fingerprint density at radius 1 is 1.36 bits per heavy atom. The molecule has 1 rings (SSSR count). The maximum Gasteiger partial charge on any atom is 0.338 e. The fraction of sp³-hybridized carbons (Fsp3) is 0.300. The SMILES string of the molecule is COc1ccc(C(=O)OCSC)cc1. The van der Waals surface area contributed by atoms with Crippen LogP contribution in [0, 0.1) is 0 Å². The van der Waals surface area contributed by atoms with Crippen molar-refractivity contribution < 1.29 is 14.3 Å². The third-order valence-corrected chi connectivity index (χ3v) is 1.99. The highest BCUT2D eigenvalue weighted by Crippen LogP contribution is 2.12. The third kappa shape index (κ3) is 2.96. The van der Waals surface area contributed by atoms with E-state index in [2.05, 4.69) is 0 Å². The summed E-state index contributed by atoms with van der Waals surface area (Å²) in [5.41, 5.74) is 0.542. The van der Waals surface area contributed by atoms with Crippen molar-refractivity contribution in [3.8, 4) is 5.75 Å². The zero-order valence-electron chi connectivity index (χ0n) is 8.15. The molecule has 0 saturated carbocycles. The van der Waals surface area contributed by atoms with Gasteiger partial charge in [0.1, 0.15) is 11.7 Å². The first-order chi connectivity index (χ1) is 6.77. The number of esters is 1. The van der Waals surface area contributed by atoms with Gasteiger partial charge in [0.05, 0.1) is 12.7 Å². The van der Waals surface area contributed by atoms with Crippen LogP contribution in [0.25, 0.3) is 0 Å². The van der Waals surface area contributed by atoms with Crippen molar-refractivity contribution in [1.29, 1.82) is 0 Å². The second-order valence-electron chi connectivity index (χ2n) is 2.57. The van der Waals surface area contributed by atoms with Gasteiger partial charge in [-0.3, -0.25) is 0 Å². The molecular weight excluding hydrogens is 200 g/mol. The van der Waals surface area contributed by atoms with Crippen molar-refractivity contribution in [2.75, 3.05) is 19.3 Å². The number of rotatable bonds is 4. The van der Waals surface area contributed by atoms with Crippen LogP contribution in [-0.4, -0.2) is 25.3 Å². The van der Waals surface area contributed by atoms with Crippen LogP contribution in [-0.2, 0) is 4.74 Å². The molecule has 0 aliphatic heterocycles. The summed E-state index contributed by atoms with van der Waals surface area (Å²) in [5, 5.41) is 0. The van der Waals surface area contributed by atoms with Crippen molar-refractivity contribution in [3.05, 3.63) is 29.8 Å². The lowest BCUT2D eigenvalue weighted by Gasteiger charge is -2.03. The zero-order chi connectivity index (χ0) is 10.4. The van der Waals surface area contributed by atoms with E-state index >= 15 is 0 Å². The molecule has 0 saturated heterocycles. The Hall–Kier alpha value is -1.16. The Balaban J connectivity index is 2.62. The second-order valence-corrected chi connectivity index (χ2v) is 3.38. The molecule has 1 aromatic rings. The fourth-order valence-corrected chi connectivity index (χ4v) is 1.15. The first-order valence-electron chi connectivity index (χ1n) is 4.08. The highest BCUT2D eigenvalue weighted by atomic mass is 32.2. The molecular formula is C10H12O3S. The predicted molar refractivity (Wildman–Crippen MR) is 56.8 cm³/mol. The van der Waals surface area contributed by atoms with E-state index in [1.54, 1.807) is 31.4 Å². The molecule has 0 heterocycles. The van der Waals surface area contributed by atoms with Gasteiger partial charge in [-0.2, -0.15) is 0 Å². The fourth-order valence-electron chi connectivity index (χ4n) is 0.923. The molecule has 3 nitrogen and oxygen atoms in total. The molecule has 1 aromatic carbocycles. The van der Waals surface area contributed by atoms with Crippen LogP contribution in [0.15, 0.2) is 24.3 Å². The molecule has 0 radical (unpaired) electrons. The largest absolute Gasteiger partial charge is 0.497 e. The summed E-state index contributed by atoms with van der Waals surface area (Å²) < 4.78 is 9.91. The molecule has 0 amide bonds. The molecule has 4 heteroatoms. The number of carbonyl (C=O) groups excluding carboxylic acids is 1. The highest BCUT2D eigenvalue weighted by molar-refractivity contribution is 7.98. The number of benzene rings is 1. The number of hydrogen-bond donors (Lipinski definition) is 0. The van der Waals surface area contributed by atoms with Crippen LogP contribution in [0.4, 0.5) is 0 Å². The highest BCUT2D eigenvalue weighted by Gasteiger charge is 2.05. The lowest BCUT2D eigenvalue weighted by Crippen LogP contribution is -2.04. The Bertz CT molecular complexity index is 295. The van der Waals surface area contributed by atoms with E-state index in [0.29, 0.717) is 11.5 Å². The van der Waals surface area contributed by atoms with Gasteiger partial charge in [-0.25, -0.2) is 4.79 Å². The van der Waals surface area contributed by atoms with Gasteiger partial charge in [-0.05, 0) is 30.5 Å². The normalized spacial score (nSPS) is 9.57. The molecule has 0 N–H and O–H groups in total. The summed E-state index contributed by atoms with van der Waals surface area (Å²) in [7, 11) is 1.58. The quantitative estimate of drug-likeness (QED) is 0.566. The molecule has 0 fully saturated rings. The average Bonchev–Trinajstić information content (AvgIpc) is 2.26. The van der Waals surface area contributed by atoms with Gasteiger partial charge in [0, 0.05) is 0 Å². The number of hydrogen-bond acceptors (Lipinski definition) is 4. The second kappa shape index (κ2) is 5.54. The summed E-state index contributed by atoms with van der Waals surface area (Å²) in [6, 6.07) is 6.83. The smallest absolute Gasteiger partial charge is 0.338 e. The zero-order valence-corrected chi connectivity index (χ0v) is 8.97. The monoisotopic (exact) mass is 212 g/mol. The molecule has 14 heavy (non-hydrogen) atoms. The van der Waals surface area contributed by atoms with E-state index < -0.39 is 0 Å². The molecule has 0 aliphatic rings. The van der Waals surface area contributed by atoms with Gasteiger partial charge < -0.3 is 9.47 Å². The van der Waals surface area contributed by atoms with Crippen molar-refractivity contribution in [2.45, 2.75) is 0 Å². The summed E-state index contributed by atoms with van der Waals surface area (Å²) in [5.74, 6) is 0.804. The average molecular weight is 212 g/mol. The van der Waals surface area contributed by atoms with Gasteiger partial charge in [-0.1, -0.05) is 0 Å². The van der Waals surface area contributed by atoms with E-state index in [1.165, 1.54) is 11.8 Å². The van der Waals surface area contributed by atoms with Gasteiger partial charge in [0.25, 0.3) is 0 Å². The standard InChI is InChI=1S/C10H12O3S/c1-12-9-5-3-8(4-6-9)10(11)13-7-14-2/h3-6H,7H2,1-2H3. The van der Waals surface area contributed by atoms with Crippen LogP contribution in [0.5, 0.6) is 5.75 Å². The van der Waals surface area contributed by atoms with Gasteiger partial charge in [0.2, 0.25) is 0 Å². The van der Waals surface area contributed by atoms with Gasteiger partial charge in [-0.15, -0.1) is 11.8 Å². The number of thioether (sulfide) groups is 1. The Morgan fingerprint density at radius 3 is 2.50 bits per heavy atom. The topological polar surface area (TPSA) is 35.5 Å². The predicted octanol–water partition coefficient (Wildman–Crippen LogP) is 2.17. The molecule has 76 valence electrons. The third-order valence-electron chi connectivity index (χ3n) is 1.63.